The third kappa shape index (κ3) is 2.34. The maximum absolute atomic E-state index is 13.1. The Kier molecular flexibility index (Phi) is 3.54. The molecule has 4 heteroatoms. The highest BCUT2D eigenvalue weighted by molar-refractivity contribution is 7.98. The van der Waals surface area contributed by atoms with E-state index in [0.717, 1.165) is 0 Å². The van der Waals surface area contributed by atoms with Gasteiger partial charge in [-0.2, -0.15) is 0 Å². The van der Waals surface area contributed by atoms with Crippen LogP contribution < -0.4 is 0 Å². The van der Waals surface area contributed by atoms with Crippen LogP contribution in [-0.4, -0.2) is 19.9 Å². The van der Waals surface area contributed by atoms with E-state index >= 15 is 0 Å². The molecule has 0 bridgehead atoms. The van der Waals surface area contributed by atoms with Gasteiger partial charge in [-0.1, -0.05) is 6.07 Å². The van der Waals surface area contributed by atoms with E-state index in [2.05, 4.69) is 0 Å². The van der Waals surface area contributed by atoms with E-state index in [1.165, 1.54) is 17.8 Å². The SMILES string of the molecule is [B]CC(=O)c1ccc(SC)c(F)c1. The zero-order valence-electron chi connectivity index (χ0n) is 7.21. The first-order chi connectivity index (χ1) is 6.19. The molecule has 0 aliphatic heterocycles. The van der Waals surface area contributed by atoms with Crippen molar-refractivity contribution in [2.24, 2.45) is 0 Å². The van der Waals surface area contributed by atoms with E-state index in [0.29, 0.717) is 10.5 Å². The molecule has 0 unspecified atom stereocenters. The number of hydrogen-bond donors (Lipinski definition) is 0. The Morgan fingerprint density at radius 3 is 2.77 bits per heavy atom. The topological polar surface area (TPSA) is 17.1 Å². The number of halogens is 1. The van der Waals surface area contributed by atoms with Crippen molar-refractivity contribution < 1.29 is 9.18 Å². The molecule has 0 aliphatic rings. The summed E-state index contributed by atoms with van der Waals surface area (Å²) in [6, 6.07) is 4.40. The van der Waals surface area contributed by atoms with Crippen LogP contribution in [0, 0.1) is 5.82 Å². The Bertz CT molecular complexity index is 327. The highest BCUT2D eigenvalue weighted by Crippen LogP contribution is 2.20. The van der Waals surface area contributed by atoms with Crippen LogP contribution in [0.5, 0.6) is 0 Å². The van der Waals surface area contributed by atoms with E-state index in [9.17, 15) is 9.18 Å². The van der Waals surface area contributed by atoms with Gasteiger partial charge in [0.25, 0.3) is 0 Å². The fraction of sp³-hybridized carbons (Fsp3) is 0.222. The van der Waals surface area contributed by atoms with Gasteiger partial charge in [0, 0.05) is 10.5 Å². The average molecular weight is 194 g/mol. The van der Waals surface area contributed by atoms with E-state index in [1.807, 2.05) is 0 Å². The van der Waals surface area contributed by atoms with Gasteiger partial charge in [0.05, 0.1) is 7.85 Å². The van der Waals surface area contributed by atoms with Gasteiger partial charge in [0.2, 0.25) is 0 Å². The maximum Gasteiger partial charge on any atom is 0.154 e. The van der Waals surface area contributed by atoms with E-state index in [-0.39, 0.29) is 17.9 Å². The number of ketones is 1. The van der Waals surface area contributed by atoms with Gasteiger partial charge in [-0.25, -0.2) is 4.39 Å². The first-order valence-corrected chi connectivity index (χ1v) is 4.98. The molecule has 0 amide bonds. The summed E-state index contributed by atoms with van der Waals surface area (Å²) in [6.45, 7) is 0. The zero-order valence-corrected chi connectivity index (χ0v) is 8.03. The second kappa shape index (κ2) is 4.47. The molecule has 2 radical (unpaired) electrons. The molecule has 1 rings (SSSR count). The van der Waals surface area contributed by atoms with Gasteiger partial charge in [0.15, 0.2) is 5.78 Å². The Labute approximate surface area is 82.1 Å². The number of benzene rings is 1. The lowest BCUT2D eigenvalue weighted by Gasteiger charge is -2.01. The van der Waals surface area contributed by atoms with Crippen molar-refractivity contribution in [1.29, 1.82) is 0 Å². The Morgan fingerprint density at radius 2 is 2.31 bits per heavy atom. The van der Waals surface area contributed by atoms with Crippen molar-refractivity contribution in [1.82, 2.24) is 0 Å². The van der Waals surface area contributed by atoms with Crippen molar-refractivity contribution >= 4 is 25.4 Å². The molecular formula is C9H8BFOS. The molecule has 0 spiro atoms. The molecule has 0 aliphatic carbocycles. The highest BCUT2D eigenvalue weighted by atomic mass is 32.2. The van der Waals surface area contributed by atoms with Crippen LogP contribution in [0.25, 0.3) is 0 Å². The zero-order chi connectivity index (χ0) is 9.84. The molecule has 0 heterocycles. The fourth-order valence-electron chi connectivity index (χ4n) is 0.958. The predicted octanol–water partition coefficient (Wildman–Crippen LogP) is 2.32. The minimum atomic E-state index is -0.369. The second-order valence-corrected chi connectivity index (χ2v) is 3.32. The standard InChI is InChI=1S/C9H8BFOS/c1-13-9-3-2-6(4-7(9)11)8(12)5-10/h2-4H,5H2,1H3. The third-order valence-electron chi connectivity index (χ3n) is 1.66. The van der Waals surface area contributed by atoms with E-state index in [4.69, 9.17) is 7.85 Å². The van der Waals surface area contributed by atoms with Crippen LogP contribution in [0.3, 0.4) is 0 Å². The van der Waals surface area contributed by atoms with Gasteiger partial charge in [-0.3, -0.25) is 4.79 Å². The Balaban J connectivity index is 3.02. The number of Topliss-reactive ketones (excluding diaryl/α,β-unsaturated/α-hetero) is 1. The van der Waals surface area contributed by atoms with Gasteiger partial charge < -0.3 is 0 Å². The summed E-state index contributed by atoms with van der Waals surface area (Å²) in [5.41, 5.74) is 0.331. The highest BCUT2D eigenvalue weighted by Gasteiger charge is 2.06. The van der Waals surface area contributed by atoms with Gasteiger partial charge in [0.1, 0.15) is 5.82 Å². The summed E-state index contributed by atoms with van der Waals surface area (Å²) in [7, 11) is 5.15. The molecule has 0 N–H and O–H groups in total. The monoisotopic (exact) mass is 194 g/mol. The smallest absolute Gasteiger partial charge is 0.154 e. The molecule has 0 atom stereocenters. The molecule has 66 valence electrons. The molecule has 1 aromatic carbocycles. The fourth-order valence-corrected chi connectivity index (χ4v) is 1.42. The lowest BCUT2D eigenvalue weighted by atomic mass is 9.96. The van der Waals surface area contributed by atoms with Crippen LogP contribution in [0.2, 0.25) is 6.32 Å². The summed E-state index contributed by atoms with van der Waals surface area (Å²) in [4.78, 5) is 11.6. The molecule has 1 aromatic rings. The van der Waals surface area contributed by atoms with Crippen LogP contribution in [0.4, 0.5) is 4.39 Å². The minimum absolute atomic E-state index is 0.0853. The summed E-state index contributed by atoms with van der Waals surface area (Å²) < 4.78 is 13.1. The van der Waals surface area contributed by atoms with Crippen molar-refractivity contribution in [2.45, 2.75) is 11.2 Å². The quantitative estimate of drug-likeness (QED) is 0.417. The minimum Gasteiger partial charge on any atom is -0.295 e. The number of carbonyl (C=O) groups is 1. The normalized spacial score (nSPS) is 10.0. The molecule has 1 nitrogen and oxygen atoms in total. The van der Waals surface area contributed by atoms with Crippen molar-refractivity contribution in [3.63, 3.8) is 0 Å². The Morgan fingerprint density at radius 1 is 1.62 bits per heavy atom. The maximum atomic E-state index is 13.1. The van der Waals surface area contributed by atoms with Crippen LogP contribution >= 0.6 is 11.8 Å². The number of rotatable bonds is 3. The summed E-state index contributed by atoms with van der Waals surface area (Å²) in [5.74, 6) is -0.613. The summed E-state index contributed by atoms with van der Waals surface area (Å²) in [6.07, 6.45) is 1.70. The van der Waals surface area contributed by atoms with E-state index in [1.54, 1.807) is 18.4 Å². The van der Waals surface area contributed by atoms with Crippen LogP contribution in [-0.2, 0) is 0 Å². The van der Waals surface area contributed by atoms with Crippen LogP contribution in [0.15, 0.2) is 23.1 Å². The number of thioether (sulfide) groups is 1. The average Bonchev–Trinajstić information content (AvgIpc) is 2.16. The lowest BCUT2D eigenvalue weighted by Crippen LogP contribution is -1.98. The van der Waals surface area contributed by atoms with Crippen molar-refractivity contribution in [3.05, 3.63) is 29.6 Å². The van der Waals surface area contributed by atoms with Crippen molar-refractivity contribution in [2.75, 3.05) is 6.26 Å². The van der Waals surface area contributed by atoms with Gasteiger partial charge >= 0.3 is 0 Å². The molecule has 0 saturated heterocycles. The number of hydrogen-bond acceptors (Lipinski definition) is 2. The number of carbonyl (C=O) groups excluding carboxylic acids is 1. The lowest BCUT2D eigenvalue weighted by molar-refractivity contribution is 0.101. The molecule has 13 heavy (non-hydrogen) atoms. The molecular weight excluding hydrogens is 186 g/mol. The predicted molar refractivity (Wildman–Crippen MR) is 53.1 cm³/mol. The summed E-state index contributed by atoms with van der Waals surface area (Å²) in [5, 5.41) is 0. The third-order valence-corrected chi connectivity index (χ3v) is 2.43. The molecule has 0 fully saturated rings. The first kappa shape index (κ1) is 10.3. The van der Waals surface area contributed by atoms with E-state index < -0.39 is 0 Å². The van der Waals surface area contributed by atoms with Crippen molar-refractivity contribution in [3.8, 4) is 0 Å². The Hall–Kier alpha value is -0.765. The summed E-state index contributed by atoms with van der Waals surface area (Å²) >= 11 is 1.31. The second-order valence-electron chi connectivity index (χ2n) is 2.48. The first-order valence-electron chi connectivity index (χ1n) is 3.76. The van der Waals surface area contributed by atoms with Gasteiger partial charge in [-0.15, -0.1) is 11.8 Å². The van der Waals surface area contributed by atoms with Gasteiger partial charge in [-0.05, 0) is 24.7 Å². The largest absolute Gasteiger partial charge is 0.295 e. The molecule has 0 aromatic heterocycles. The molecule has 0 saturated carbocycles. The van der Waals surface area contributed by atoms with Crippen LogP contribution in [0.1, 0.15) is 10.4 Å².